The maximum atomic E-state index is 10.3. The first-order valence-corrected chi connectivity index (χ1v) is 8.77. The summed E-state index contributed by atoms with van der Waals surface area (Å²) in [5, 5.41) is 10.3. The molecule has 0 radical (unpaired) electrons. The van der Waals surface area contributed by atoms with Crippen molar-refractivity contribution in [3.05, 3.63) is 35.9 Å². The second-order valence-electron chi connectivity index (χ2n) is 6.90. The van der Waals surface area contributed by atoms with E-state index in [0.29, 0.717) is 31.8 Å². The summed E-state index contributed by atoms with van der Waals surface area (Å²) in [6.45, 7) is 8.52. The minimum atomic E-state index is -0.459. The monoisotopic (exact) mass is 321 g/mol. The predicted octanol–water partition coefficient (Wildman–Crippen LogP) is 2.70. The molecule has 2 unspecified atom stereocenters. The molecular formula is C19H31NO3. The Balaban J connectivity index is 1.84. The van der Waals surface area contributed by atoms with Crippen molar-refractivity contribution in [3.8, 4) is 0 Å². The molecule has 23 heavy (non-hydrogen) atoms. The zero-order chi connectivity index (χ0) is 16.5. The minimum absolute atomic E-state index is 0.294. The zero-order valence-corrected chi connectivity index (χ0v) is 14.5. The van der Waals surface area contributed by atoms with Crippen LogP contribution >= 0.6 is 0 Å². The van der Waals surface area contributed by atoms with Gasteiger partial charge in [0.1, 0.15) is 0 Å². The van der Waals surface area contributed by atoms with Gasteiger partial charge in [0, 0.05) is 32.8 Å². The van der Waals surface area contributed by atoms with E-state index in [1.807, 2.05) is 6.07 Å². The highest BCUT2D eigenvalue weighted by Crippen LogP contribution is 2.15. The van der Waals surface area contributed by atoms with Crippen molar-refractivity contribution in [1.29, 1.82) is 0 Å². The third-order valence-corrected chi connectivity index (χ3v) is 3.97. The van der Waals surface area contributed by atoms with Gasteiger partial charge in [0.25, 0.3) is 0 Å². The summed E-state index contributed by atoms with van der Waals surface area (Å²) >= 11 is 0. The lowest BCUT2D eigenvalue weighted by molar-refractivity contribution is -0.00390. The highest BCUT2D eigenvalue weighted by atomic mass is 16.5. The smallest absolute Gasteiger partial charge is 0.0900 e. The van der Waals surface area contributed by atoms with Crippen LogP contribution in [0.15, 0.2) is 30.3 Å². The molecule has 4 nitrogen and oxygen atoms in total. The van der Waals surface area contributed by atoms with Crippen LogP contribution in [0.3, 0.4) is 0 Å². The molecule has 1 aliphatic rings. The first kappa shape index (κ1) is 18.4. The Bertz CT molecular complexity index is 418. The molecule has 1 aromatic rings. The van der Waals surface area contributed by atoms with Crippen molar-refractivity contribution < 1.29 is 14.6 Å². The molecule has 1 aliphatic heterocycles. The summed E-state index contributed by atoms with van der Waals surface area (Å²) in [5.74, 6) is 0.495. The van der Waals surface area contributed by atoms with E-state index in [2.05, 4.69) is 43.0 Å². The number of ether oxygens (including phenoxy) is 2. The number of benzene rings is 1. The van der Waals surface area contributed by atoms with E-state index in [9.17, 15) is 5.11 Å². The van der Waals surface area contributed by atoms with Crippen molar-refractivity contribution >= 4 is 0 Å². The summed E-state index contributed by atoms with van der Waals surface area (Å²) in [5.41, 5.74) is 1.26. The zero-order valence-electron chi connectivity index (χ0n) is 14.5. The van der Waals surface area contributed by atoms with Crippen LogP contribution < -0.4 is 0 Å². The molecule has 0 aliphatic carbocycles. The summed E-state index contributed by atoms with van der Waals surface area (Å²) in [6, 6.07) is 10.4. The normalized spacial score (nSPS) is 19.6. The van der Waals surface area contributed by atoms with Crippen molar-refractivity contribution in [2.45, 2.75) is 45.4 Å². The Hall–Kier alpha value is -0.940. The average Bonchev–Trinajstić information content (AvgIpc) is 3.00. The fourth-order valence-corrected chi connectivity index (χ4v) is 2.91. The van der Waals surface area contributed by atoms with E-state index in [1.165, 1.54) is 5.56 Å². The van der Waals surface area contributed by atoms with Gasteiger partial charge in [0.2, 0.25) is 0 Å². The Kier molecular flexibility index (Phi) is 8.03. The highest BCUT2D eigenvalue weighted by Gasteiger charge is 2.21. The Morgan fingerprint density at radius 2 is 2.04 bits per heavy atom. The van der Waals surface area contributed by atoms with Crippen molar-refractivity contribution in [2.75, 3.05) is 32.9 Å². The van der Waals surface area contributed by atoms with Crippen LogP contribution in [0.4, 0.5) is 0 Å². The van der Waals surface area contributed by atoms with E-state index < -0.39 is 6.10 Å². The minimum Gasteiger partial charge on any atom is -0.389 e. The van der Waals surface area contributed by atoms with Crippen molar-refractivity contribution in [3.63, 3.8) is 0 Å². The second-order valence-corrected chi connectivity index (χ2v) is 6.90. The van der Waals surface area contributed by atoms with Gasteiger partial charge < -0.3 is 14.6 Å². The molecule has 0 bridgehead atoms. The molecule has 4 heteroatoms. The third kappa shape index (κ3) is 7.44. The Morgan fingerprint density at radius 1 is 1.26 bits per heavy atom. The van der Waals surface area contributed by atoms with Crippen molar-refractivity contribution in [2.24, 2.45) is 5.92 Å². The van der Waals surface area contributed by atoms with Crippen molar-refractivity contribution in [1.82, 2.24) is 4.90 Å². The van der Waals surface area contributed by atoms with Gasteiger partial charge >= 0.3 is 0 Å². The fourth-order valence-electron chi connectivity index (χ4n) is 2.91. The van der Waals surface area contributed by atoms with Gasteiger partial charge in [-0.2, -0.15) is 0 Å². The Morgan fingerprint density at radius 3 is 2.70 bits per heavy atom. The van der Waals surface area contributed by atoms with Gasteiger partial charge in [0.15, 0.2) is 0 Å². The molecule has 0 amide bonds. The lowest BCUT2D eigenvalue weighted by atomic mass is 10.1. The maximum Gasteiger partial charge on any atom is 0.0900 e. The summed E-state index contributed by atoms with van der Waals surface area (Å²) in [4.78, 5) is 2.29. The van der Waals surface area contributed by atoms with Crippen LogP contribution in [-0.2, 0) is 16.0 Å². The fraction of sp³-hybridized carbons (Fsp3) is 0.684. The topological polar surface area (TPSA) is 41.9 Å². The van der Waals surface area contributed by atoms with E-state index in [4.69, 9.17) is 9.47 Å². The van der Waals surface area contributed by atoms with E-state index in [0.717, 1.165) is 32.5 Å². The van der Waals surface area contributed by atoms with Crippen LogP contribution in [-0.4, -0.2) is 55.1 Å². The summed E-state index contributed by atoms with van der Waals surface area (Å²) < 4.78 is 11.3. The number of aliphatic hydroxyl groups is 1. The number of aliphatic hydroxyl groups excluding tert-OH is 1. The largest absolute Gasteiger partial charge is 0.389 e. The highest BCUT2D eigenvalue weighted by molar-refractivity contribution is 5.14. The first-order valence-electron chi connectivity index (χ1n) is 8.77. The SMILES string of the molecule is CC(C)COCC(O)CN(Cc1ccccc1)CC1CCCO1. The number of nitrogens with zero attached hydrogens (tertiary/aromatic N) is 1. The predicted molar refractivity (Wildman–Crippen MR) is 92.4 cm³/mol. The molecule has 1 saturated heterocycles. The van der Waals surface area contributed by atoms with Gasteiger partial charge in [-0.1, -0.05) is 44.2 Å². The van der Waals surface area contributed by atoms with Gasteiger partial charge in [-0.25, -0.2) is 0 Å². The van der Waals surface area contributed by atoms with E-state index in [1.54, 1.807) is 0 Å². The molecule has 1 N–H and O–H groups in total. The second kappa shape index (κ2) is 10.0. The lowest BCUT2D eigenvalue weighted by Gasteiger charge is -2.27. The van der Waals surface area contributed by atoms with E-state index >= 15 is 0 Å². The summed E-state index contributed by atoms with van der Waals surface area (Å²) in [7, 11) is 0. The van der Waals surface area contributed by atoms with Crippen LogP contribution in [0.1, 0.15) is 32.3 Å². The Labute approximate surface area is 140 Å². The molecule has 1 heterocycles. The van der Waals surface area contributed by atoms with Gasteiger partial charge in [0.05, 0.1) is 18.8 Å². The lowest BCUT2D eigenvalue weighted by Crippen LogP contribution is -2.39. The molecule has 0 saturated carbocycles. The quantitative estimate of drug-likeness (QED) is 0.719. The van der Waals surface area contributed by atoms with Gasteiger partial charge in [-0.15, -0.1) is 0 Å². The average molecular weight is 321 g/mol. The molecule has 2 rings (SSSR count). The standard InChI is InChI=1S/C19H31NO3/c1-16(2)14-22-15-18(21)12-20(13-19-9-6-10-23-19)11-17-7-4-3-5-8-17/h3-5,7-8,16,18-19,21H,6,9-15H2,1-2H3. The van der Waals surface area contributed by atoms with Crippen LogP contribution in [0.2, 0.25) is 0 Å². The molecular weight excluding hydrogens is 290 g/mol. The molecule has 2 atom stereocenters. The van der Waals surface area contributed by atoms with Crippen LogP contribution in [0.25, 0.3) is 0 Å². The third-order valence-electron chi connectivity index (χ3n) is 3.97. The first-order chi connectivity index (χ1) is 11.1. The number of rotatable bonds is 10. The van der Waals surface area contributed by atoms with Gasteiger partial charge in [-0.05, 0) is 24.3 Å². The number of hydrogen-bond acceptors (Lipinski definition) is 4. The van der Waals surface area contributed by atoms with E-state index in [-0.39, 0.29) is 0 Å². The molecule has 1 fully saturated rings. The van der Waals surface area contributed by atoms with Crippen LogP contribution in [0, 0.1) is 5.92 Å². The molecule has 0 aromatic heterocycles. The summed E-state index contributed by atoms with van der Waals surface area (Å²) in [6.07, 6.45) is 2.09. The van der Waals surface area contributed by atoms with Crippen LogP contribution in [0.5, 0.6) is 0 Å². The molecule has 0 spiro atoms. The maximum absolute atomic E-state index is 10.3. The molecule has 130 valence electrons. The van der Waals surface area contributed by atoms with Gasteiger partial charge in [-0.3, -0.25) is 4.90 Å². The number of hydrogen-bond donors (Lipinski definition) is 1. The molecule has 1 aromatic carbocycles.